The zero-order valence-electron chi connectivity index (χ0n) is 11.4. The molecule has 0 amide bonds. The summed E-state index contributed by atoms with van der Waals surface area (Å²) >= 11 is 6.22. The van der Waals surface area contributed by atoms with E-state index in [0.29, 0.717) is 16.8 Å². The number of anilines is 1. The number of hydrogen-bond acceptors (Lipinski definition) is 3. The number of aromatic nitrogens is 2. The summed E-state index contributed by atoms with van der Waals surface area (Å²) in [5.74, 6) is 1.87. The molecule has 2 rings (SSSR count). The Morgan fingerprint density at radius 2 is 1.95 bits per heavy atom. The van der Waals surface area contributed by atoms with Crippen molar-refractivity contribution in [3.8, 4) is 11.4 Å². The van der Waals surface area contributed by atoms with Gasteiger partial charge in [0.25, 0.3) is 0 Å². The molecule has 0 unspecified atom stereocenters. The van der Waals surface area contributed by atoms with Crippen LogP contribution < -0.4 is 5.32 Å². The molecular formula is C15H18ClN3. The first kappa shape index (κ1) is 13.8. The third-order valence-electron chi connectivity index (χ3n) is 2.81. The third kappa shape index (κ3) is 3.24. The molecule has 0 aliphatic heterocycles. The van der Waals surface area contributed by atoms with Gasteiger partial charge in [0.2, 0.25) is 0 Å². The fraction of sp³-hybridized carbons (Fsp3) is 0.333. The Bertz CT molecular complexity index is 567. The van der Waals surface area contributed by atoms with Crippen molar-refractivity contribution in [2.75, 3.05) is 11.9 Å². The second-order valence-electron chi connectivity index (χ2n) is 4.67. The van der Waals surface area contributed by atoms with Crippen molar-refractivity contribution in [2.24, 2.45) is 0 Å². The van der Waals surface area contributed by atoms with Crippen LogP contribution in [0, 0.1) is 0 Å². The van der Waals surface area contributed by atoms with E-state index >= 15 is 0 Å². The van der Waals surface area contributed by atoms with E-state index in [1.54, 1.807) is 0 Å². The van der Waals surface area contributed by atoms with Crippen LogP contribution in [0.4, 0.5) is 5.82 Å². The van der Waals surface area contributed by atoms with Gasteiger partial charge in [0, 0.05) is 23.9 Å². The van der Waals surface area contributed by atoms with E-state index in [1.807, 2.05) is 37.3 Å². The maximum absolute atomic E-state index is 6.22. The molecule has 1 aromatic carbocycles. The Morgan fingerprint density at radius 3 is 2.58 bits per heavy atom. The quantitative estimate of drug-likeness (QED) is 0.901. The van der Waals surface area contributed by atoms with Crippen molar-refractivity contribution < 1.29 is 0 Å². The van der Waals surface area contributed by atoms with Gasteiger partial charge >= 0.3 is 0 Å². The first-order valence-electron chi connectivity index (χ1n) is 6.49. The lowest BCUT2D eigenvalue weighted by Gasteiger charge is -2.11. The fourth-order valence-corrected chi connectivity index (χ4v) is 2.02. The molecule has 0 fully saturated rings. The van der Waals surface area contributed by atoms with Crippen molar-refractivity contribution in [3.05, 3.63) is 41.0 Å². The summed E-state index contributed by atoms with van der Waals surface area (Å²) in [5.41, 5.74) is 1.88. The minimum absolute atomic E-state index is 0.349. The predicted octanol–water partition coefficient (Wildman–Crippen LogP) is 4.35. The summed E-state index contributed by atoms with van der Waals surface area (Å²) in [6, 6.07) is 9.64. The Morgan fingerprint density at radius 1 is 1.21 bits per heavy atom. The van der Waals surface area contributed by atoms with E-state index in [-0.39, 0.29) is 0 Å². The molecule has 1 aromatic heterocycles. The number of nitrogens with zero attached hydrogens (tertiary/aromatic N) is 2. The van der Waals surface area contributed by atoms with Crippen molar-refractivity contribution in [1.29, 1.82) is 0 Å². The van der Waals surface area contributed by atoms with E-state index in [4.69, 9.17) is 11.6 Å². The summed E-state index contributed by atoms with van der Waals surface area (Å²) in [4.78, 5) is 9.14. The van der Waals surface area contributed by atoms with Gasteiger partial charge in [-0.15, -0.1) is 0 Å². The van der Waals surface area contributed by atoms with E-state index in [2.05, 4.69) is 29.1 Å². The van der Waals surface area contributed by atoms with Crippen molar-refractivity contribution in [3.63, 3.8) is 0 Å². The molecule has 0 radical (unpaired) electrons. The molecule has 3 nitrogen and oxygen atoms in total. The van der Waals surface area contributed by atoms with Gasteiger partial charge in [0.15, 0.2) is 5.82 Å². The maximum atomic E-state index is 6.22. The largest absolute Gasteiger partial charge is 0.370 e. The summed E-state index contributed by atoms with van der Waals surface area (Å²) in [6.07, 6.45) is 0. The lowest BCUT2D eigenvalue weighted by atomic mass is 10.1. The second-order valence-corrected chi connectivity index (χ2v) is 5.07. The van der Waals surface area contributed by atoms with Crippen LogP contribution in [0.1, 0.15) is 32.4 Å². The molecule has 0 aliphatic carbocycles. The number of halogens is 1. The predicted molar refractivity (Wildman–Crippen MR) is 80.7 cm³/mol. The minimum atomic E-state index is 0.349. The average molecular weight is 276 g/mol. The number of benzene rings is 1. The SMILES string of the molecule is CCNc1cc(C(C)C)nc(-c2ccccc2Cl)n1. The normalized spacial score (nSPS) is 10.8. The molecule has 0 saturated heterocycles. The standard InChI is InChI=1S/C15H18ClN3/c1-4-17-14-9-13(10(2)3)18-15(19-14)11-7-5-6-8-12(11)16/h5-10H,4H2,1-3H3,(H,17,18,19). The van der Waals surface area contributed by atoms with Gasteiger partial charge in [-0.05, 0) is 25.0 Å². The van der Waals surface area contributed by atoms with Gasteiger partial charge < -0.3 is 5.32 Å². The highest BCUT2D eigenvalue weighted by Gasteiger charge is 2.11. The van der Waals surface area contributed by atoms with Crippen LogP contribution in [-0.4, -0.2) is 16.5 Å². The van der Waals surface area contributed by atoms with Gasteiger partial charge in [0.1, 0.15) is 5.82 Å². The number of rotatable bonds is 4. The summed E-state index contributed by atoms with van der Waals surface area (Å²) in [7, 11) is 0. The number of nitrogens with one attached hydrogen (secondary N) is 1. The van der Waals surface area contributed by atoms with Crippen LogP contribution in [0.25, 0.3) is 11.4 Å². The fourth-order valence-electron chi connectivity index (χ4n) is 1.80. The van der Waals surface area contributed by atoms with Crippen molar-refractivity contribution in [1.82, 2.24) is 9.97 Å². The minimum Gasteiger partial charge on any atom is -0.370 e. The molecule has 0 bridgehead atoms. The molecule has 4 heteroatoms. The van der Waals surface area contributed by atoms with Gasteiger partial charge in [-0.25, -0.2) is 9.97 Å². The highest BCUT2D eigenvalue weighted by Crippen LogP contribution is 2.27. The maximum Gasteiger partial charge on any atom is 0.163 e. The molecule has 100 valence electrons. The van der Waals surface area contributed by atoms with Crippen LogP contribution >= 0.6 is 11.6 Å². The Labute approximate surface area is 119 Å². The van der Waals surface area contributed by atoms with Gasteiger partial charge in [-0.2, -0.15) is 0 Å². The zero-order valence-corrected chi connectivity index (χ0v) is 12.2. The van der Waals surface area contributed by atoms with E-state index in [0.717, 1.165) is 23.6 Å². The van der Waals surface area contributed by atoms with Crippen LogP contribution in [-0.2, 0) is 0 Å². The number of hydrogen-bond donors (Lipinski definition) is 1. The summed E-state index contributed by atoms with van der Waals surface area (Å²) < 4.78 is 0. The molecule has 0 aliphatic rings. The smallest absolute Gasteiger partial charge is 0.163 e. The van der Waals surface area contributed by atoms with Gasteiger partial charge in [0.05, 0.1) is 5.02 Å². The monoisotopic (exact) mass is 275 g/mol. The van der Waals surface area contributed by atoms with Gasteiger partial charge in [-0.1, -0.05) is 37.6 Å². The third-order valence-corrected chi connectivity index (χ3v) is 3.14. The first-order chi connectivity index (χ1) is 9.11. The molecule has 19 heavy (non-hydrogen) atoms. The van der Waals surface area contributed by atoms with Crippen molar-refractivity contribution in [2.45, 2.75) is 26.7 Å². The molecule has 0 spiro atoms. The van der Waals surface area contributed by atoms with E-state index < -0.39 is 0 Å². The Hall–Kier alpha value is -1.61. The van der Waals surface area contributed by atoms with Crippen LogP contribution in [0.2, 0.25) is 5.02 Å². The zero-order chi connectivity index (χ0) is 13.8. The lowest BCUT2D eigenvalue weighted by Crippen LogP contribution is -2.05. The Kier molecular flexibility index (Phi) is 4.38. The molecule has 1 N–H and O–H groups in total. The van der Waals surface area contributed by atoms with Crippen LogP contribution in [0.3, 0.4) is 0 Å². The summed E-state index contributed by atoms with van der Waals surface area (Å²) in [5, 5.41) is 3.91. The highest BCUT2D eigenvalue weighted by molar-refractivity contribution is 6.33. The van der Waals surface area contributed by atoms with Gasteiger partial charge in [-0.3, -0.25) is 0 Å². The first-order valence-corrected chi connectivity index (χ1v) is 6.87. The Balaban J connectivity index is 2.53. The van der Waals surface area contributed by atoms with Crippen LogP contribution in [0.5, 0.6) is 0 Å². The lowest BCUT2D eigenvalue weighted by molar-refractivity contribution is 0.817. The van der Waals surface area contributed by atoms with Crippen molar-refractivity contribution >= 4 is 17.4 Å². The average Bonchev–Trinajstić information content (AvgIpc) is 2.39. The topological polar surface area (TPSA) is 37.8 Å². The van der Waals surface area contributed by atoms with E-state index in [9.17, 15) is 0 Å². The molecule has 1 heterocycles. The molecule has 2 aromatic rings. The summed E-state index contributed by atoms with van der Waals surface area (Å²) in [6.45, 7) is 7.12. The molecule has 0 saturated carbocycles. The molecule has 0 atom stereocenters. The second kappa shape index (κ2) is 6.02. The molecular weight excluding hydrogens is 258 g/mol. The van der Waals surface area contributed by atoms with Crippen LogP contribution in [0.15, 0.2) is 30.3 Å². The highest BCUT2D eigenvalue weighted by atomic mass is 35.5. The van der Waals surface area contributed by atoms with E-state index in [1.165, 1.54) is 0 Å².